The number of carbonyl (C=O) groups is 1. The van der Waals surface area contributed by atoms with E-state index in [0.29, 0.717) is 49.9 Å². The zero-order valence-electron chi connectivity index (χ0n) is 15.8. The standard InChI is InChI=1S/C20H22ClF3N4O/c21-17-4-2-1-3-16(17)12-26-19(29)14-28-9-7-27(8-10-28)13-15-5-6-25-18(11-15)20(22,23)24/h1-6,11H,7-10,12-14H2,(H,26,29). The summed E-state index contributed by atoms with van der Waals surface area (Å²) in [4.78, 5) is 19.7. The highest BCUT2D eigenvalue weighted by atomic mass is 35.5. The maximum absolute atomic E-state index is 12.8. The SMILES string of the molecule is O=C(CN1CCN(Cc2ccnc(C(F)(F)F)c2)CC1)NCc1ccccc1Cl. The van der Waals surface area contributed by atoms with Gasteiger partial charge in [-0.3, -0.25) is 19.6 Å². The smallest absolute Gasteiger partial charge is 0.351 e. The van der Waals surface area contributed by atoms with Crippen molar-refractivity contribution >= 4 is 17.5 Å². The Labute approximate surface area is 172 Å². The van der Waals surface area contributed by atoms with E-state index in [1.165, 1.54) is 6.20 Å². The van der Waals surface area contributed by atoms with Crippen LogP contribution in [0.3, 0.4) is 0 Å². The van der Waals surface area contributed by atoms with Gasteiger partial charge in [-0.25, -0.2) is 0 Å². The Hall–Kier alpha value is -2.16. The van der Waals surface area contributed by atoms with E-state index >= 15 is 0 Å². The van der Waals surface area contributed by atoms with Gasteiger partial charge in [-0.05, 0) is 29.3 Å². The van der Waals surface area contributed by atoms with Crippen LogP contribution < -0.4 is 5.32 Å². The first-order valence-electron chi connectivity index (χ1n) is 9.28. The number of benzene rings is 1. The average Bonchev–Trinajstić information content (AvgIpc) is 2.68. The van der Waals surface area contributed by atoms with Gasteiger partial charge in [0, 0.05) is 50.5 Å². The van der Waals surface area contributed by atoms with Crippen LogP contribution in [0.2, 0.25) is 5.02 Å². The first-order chi connectivity index (χ1) is 13.8. The van der Waals surface area contributed by atoms with E-state index in [4.69, 9.17) is 11.6 Å². The van der Waals surface area contributed by atoms with Crippen LogP contribution in [-0.2, 0) is 24.1 Å². The second kappa shape index (κ2) is 9.56. The van der Waals surface area contributed by atoms with Gasteiger partial charge in [0.25, 0.3) is 0 Å². The molecule has 1 aromatic carbocycles. The number of rotatable bonds is 6. The number of aromatic nitrogens is 1. The van der Waals surface area contributed by atoms with Gasteiger partial charge < -0.3 is 5.32 Å². The number of amides is 1. The number of nitrogens with zero attached hydrogens (tertiary/aromatic N) is 3. The van der Waals surface area contributed by atoms with Crippen molar-refractivity contribution in [2.24, 2.45) is 0 Å². The summed E-state index contributed by atoms with van der Waals surface area (Å²) in [6.45, 7) is 3.81. The summed E-state index contributed by atoms with van der Waals surface area (Å²) < 4.78 is 38.4. The number of hydrogen-bond donors (Lipinski definition) is 1. The van der Waals surface area contributed by atoms with Crippen molar-refractivity contribution in [3.05, 3.63) is 64.4 Å². The number of halogens is 4. The van der Waals surface area contributed by atoms with Gasteiger partial charge in [0.2, 0.25) is 5.91 Å². The molecule has 1 aliphatic rings. The third-order valence-electron chi connectivity index (χ3n) is 4.79. The summed E-state index contributed by atoms with van der Waals surface area (Å²) in [6.07, 6.45) is -3.25. The van der Waals surface area contributed by atoms with Crippen molar-refractivity contribution in [3.63, 3.8) is 0 Å². The van der Waals surface area contributed by atoms with E-state index in [9.17, 15) is 18.0 Å². The molecule has 3 rings (SSSR count). The predicted molar refractivity (Wildman–Crippen MR) is 104 cm³/mol. The topological polar surface area (TPSA) is 48.5 Å². The summed E-state index contributed by atoms with van der Waals surface area (Å²) in [6, 6.07) is 10.0. The van der Waals surface area contributed by atoms with Gasteiger partial charge >= 0.3 is 6.18 Å². The van der Waals surface area contributed by atoms with Crippen molar-refractivity contribution < 1.29 is 18.0 Å². The molecule has 0 radical (unpaired) electrons. The van der Waals surface area contributed by atoms with E-state index in [0.717, 1.165) is 11.6 Å². The van der Waals surface area contributed by atoms with Gasteiger partial charge in [-0.2, -0.15) is 13.2 Å². The van der Waals surface area contributed by atoms with Gasteiger partial charge in [0.1, 0.15) is 5.69 Å². The van der Waals surface area contributed by atoms with Crippen molar-refractivity contribution in [2.75, 3.05) is 32.7 Å². The number of hydrogen-bond acceptors (Lipinski definition) is 4. The van der Waals surface area contributed by atoms with Gasteiger partial charge in [-0.15, -0.1) is 0 Å². The molecular weight excluding hydrogens is 405 g/mol. The molecule has 0 spiro atoms. The first-order valence-corrected chi connectivity index (χ1v) is 9.66. The molecule has 2 heterocycles. The van der Waals surface area contributed by atoms with E-state index in [-0.39, 0.29) is 12.5 Å². The molecule has 1 aliphatic heterocycles. The lowest BCUT2D eigenvalue weighted by atomic mass is 10.2. The van der Waals surface area contributed by atoms with Crippen LogP contribution in [0.5, 0.6) is 0 Å². The zero-order valence-corrected chi connectivity index (χ0v) is 16.5. The Morgan fingerprint density at radius 1 is 1.10 bits per heavy atom. The number of carbonyl (C=O) groups excluding carboxylic acids is 1. The molecule has 1 fully saturated rings. The number of alkyl halides is 3. The van der Waals surface area contributed by atoms with Gasteiger partial charge in [0.05, 0.1) is 6.54 Å². The summed E-state index contributed by atoms with van der Waals surface area (Å²) in [5.74, 6) is -0.0812. The second-order valence-corrected chi connectivity index (χ2v) is 7.37. The number of nitrogens with one attached hydrogen (secondary N) is 1. The molecule has 1 saturated heterocycles. The third-order valence-corrected chi connectivity index (χ3v) is 5.16. The zero-order chi connectivity index (χ0) is 20.9. The highest BCUT2D eigenvalue weighted by molar-refractivity contribution is 6.31. The molecule has 1 aromatic heterocycles. The molecule has 0 unspecified atom stereocenters. The summed E-state index contributed by atoms with van der Waals surface area (Å²) in [5.41, 5.74) is 0.574. The minimum absolute atomic E-state index is 0.0812. The third kappa shape index (κ3) is 6.42. The minimum Gasteiger partial charge on any atom is -0.351 e. The Balaban J connectivity index is 1.42. The van der Waals surface area contributed by atoms with Crippen molar-refractivity contribution in [1.29, 1.82) is 0 Å². The van der Waals surface area contributed by atoms with Crippen LogP contribution in [0.15, 0.2) is 42.6 Å². The molecular formula is C20H22ClF3N4O. The number of piperazine rings is 1. The highest BCUT2D eigenvalue weighted by Crippen LogP contribution is 2.28. The molecule has 5 nitrogen and oxygen atoms in total. The Bertz CT molecular complexity index is 838. The van der Waals surface area contributed by atoms with Gasteiger partial charge in [-0.1, -0.05) is 29.8 Å². The Morgan fingerprint density at radius 3 is 2.48 bits per heavy atom. The van der Waals surface area contributed by atoms with Crippen LogP contribution in [-0.4, -0.2) is 53.4 Å². The molecule has 29 heavy (non-hydrogen) atoms. The average molecular weight is 427 g/mol. The lowest BCUT2D eigenvalue weighted by Gasteiger charge is -2.34. The fourth-order valence-electron chi connectivity index (χ4n) is 3.19. The van der Waals surface area contributed by atoms with Crippen LogP contribution >= 0.6 is 11.6 Å². The van der Waals surface area contributed by atoms with Gasteiger partial charge in [0.15, 0.2) is 0 Å². The van der Waals surface area contributed by atoms with E-state index in [2.05, 4.69) is 15.2 Å². The summed E-state index contributed by atoms with van der Waals surface area (Å²) in [7, 11) is 0. The predicted octanol–water partition coefficient (Wildman–Crippen LogP) is 3.19. The van der Waals surface area contributed by atoms with E-state index in [1.54, 1.807) is 12.1 Å². The van der Waals surface area contributed by atoms with Crippen LogP contribution in [0, 0.1) is 0 Å². The second-order valence-electron chi connectivity index (χ2n) is 6.97. The lowest BCUT2D eigenvalue weighted by molar-refractivity contribution is -0.141. The highest BCUT2D eigenvalue weighted by Gasteiger charge is 2.32. The van der Waals surface area contributed by atoms with Crippen LogP contribution in [0.4, 0.5) is 13.2 Å². The quantitative estimate of drug-likeness (QED) is 0.770. The first kappa shape index (κ1) is 21.5. The Morgan fingerprint density at radius 2 is 1.79 bits per heavy atom. The van der Waals surface area contributed by atoms with E-state index < -0.39 is 11.9 Å². The maximum Gasteiger partial charge on any atom is 0.433 e. The largest absolute Gasteiger partial charge is 0.433 e. The van der Waals surface area contributed by atoms with E-state index in [1.807, 2.05) is 23.1 Å². The van der Waals surface area contributed by atoms with Crippen LogP contribution in [0.25, 0.3) is 0 Å². The maximum atomic E-state index is 12.8. The molecule has 0 bridgehead atoms. The lowest BCUT2D eigenvalue weighted by Crippen LogP contribution is -2.49. The molecule has 1 amide bonds. The fourth-order valence-corrected chi connectivity index (χ4v) is 3.39. The molecule has 1 N–H and O–H groups in total. The Kier molecular flexibility index (Phi) is 7.10. The fraction of sp³-hybridized carbons (Fsp3) is 0.400. The van der Waals surface area contributed by atoms with Crippen molar-refractivity contribution in [1.82, 2.24) is 20.1 Å². The molecule has 0 aliphatic carbocycles. The minimum atomic E-state index is -4.44. The molecule has 9 heteroatoms. The molecule has 156 valence electrons. The monoisotopic (exact) mass is 426 g/mol. The van der Waals surface area contributed by atoms with Crippen LogP contribution in [0.1, 0.15) is 16.8 Å². The molecule has 2 aromatic rings. The van der Waals surface area contributed by atoms with Crippen molar-refractivity contribution in [3.8, 4) is 0 Å². The summed E-state index contributed by atoms with van der Waals surface area (Å²) >= 11 is 6.08. The number of pyridine rings is 1. The molecule has 0 saturated carbocycles. The van der Waals surface area contributed by atoms with Crippen molar-refractivity contribution in [2.45, 2.75) is 19.3 Å². The normalized spacial score (nSPS) is 16.0. The summed E-state index contributed by atoms with van der Waals surface area (Å²) in [5, 5.41) is 3.48. The molecule has 0 atom stereocenters.